The van der Waals surface area contributed by atoms with E-state index in [0.29, 0.717) is 17.5 Å². The van der Waals surface area contributed by atoms with Gasteiger partial charge in [-0.1, -0.05) is 30.3 Å². The fourth-order valence-corrected chi connectivity index (χ4v) is 3.34. The lowest BCUT2D eigenvalue weighted by Crippen LogP contribution is -2.47. The van der Waals surface area contributed by atoms with Crippen LogP contribution in [-0.4, -0.2) is 46.4 Å². The van der Waals surface area contributed by atoms with Crippen molar-refractivity contribution in [1.82, 2.24) is 15.1 Å². The molecule has 0 radical (unpaired) electrons. The van der Waals surface area contributed by atoms with Crippen molar-refractivity contribution >= 4 is 5.69 Å². The molecule has 0 aliphatic carbocycles. The number of phenols is 1. The van der Waals surface area contributed by atoms with E-state index in [1.807, 2.05) is 48.5 Å². The second kappa shape index (κ2) is 7.17. The molecule has 1 fully saturated rings. The summed E-state index contributed by atoms with van der Waals surface area (Å²) in [5.74, 6) is 1.53. The highest BCUT2D eigenvalue weighted by atomic mass is 16.4. The third kappa shape index (κ3) is 3.28. The lowest BCUT2D eigenvalue weighted by atomic mass is 10.2. The fraction of sp³-hybridized carbons (Fsp3) is 0.300. The summed E-state index contributed by atoms with van der Waals surface area (Å²) in [6.07, 6.45) is 0. The number of hydrogen-bond acceptors (Lipinski definition) is 6. The predicted molar refractivity (Wildman–Crippen MR) is 100 cm³/mol. The van der Waals surface area contributed by atoms with Crippen LogP contribution in [0.25, 0.3) is 11.5 Å². The van der Waals surface area contributed by atoms with E-state index in [4.69, 9.17) is 4.42 Å². The minimum absolute atomic E-state index is 0.0616. The average molecular weight is 350 g/mol. The van der Waals surface area contributed by atoms with Gasteiger partial charge in [-0.3, -0.25) is 4.90 Å². The van der Waals surface area contributed by atoms with Crippen molar-refractivity contribution in [2.24, 2.45) is 0 Å². The monoisotopic (exact) mass is 350 g/mol. The Bertz CT molecular complexity index is 857. The van der Waals surface area contributed by atoms with Gasteiger partial charge in [0.05, 0.1) is 11.7 Å². The summed E-state index contributed by atoms with van der Waals surface area (Å²) in [4.78, 5) is 4.54. The number of para-hydroxylation sites is 2. The van der Waals surface area contributed by atoms with Gasteiger partial charge in [0, 0.05) is 31.7 Å². The van der Waals surface area contributed by atoms with Crippen LogP contribution in [0.2, 0.25) is 0 Å². The van der Waals surface area contributed by atoms with E-state index >= 15 is 0 Å². The number of rotatable bonds is 4. The molecule has 2 heterocycles. The van der Waals surface area contributed by atoms with Gasteiger partial charge in [-0.15, -0.1) is 10.2 Å². The summed E-state index contributed by atoms with van der Waals surface area (Å²) in [5, 5.41) is 18.5. The molecule has 1 aromatic heterocycles. The number of nitrogens with zero attached hydrogens (tertiary/aromatic N) is 4. The van der Waals surface area contributed by atoms with Crippen LogP contribution in [0.1, 0.15) is 18.9 Å². The molecule has 134 valence electrons. The first-order chi connectivity index (χ1) is 12.7. The van der Waals surface area contributed by atoms with E-state index in [9.17, 15) is 5.11 Å². The van der Waals surface area contributed by atoms with Crippen molar-refractivity contribution in [1.29, 1.82) is 0 Å². The van der Waals surface area contributed by atoms with Gasteiger partial charge in [0.15, 0.2) is 0 Å². The number of anilines is 1. The van der Waals surface area contributed by atoms with Crippen molar-refractivity contribution in [3.63, 3.8) is 0 Å². The Balaban J connectivity index is 1.42. The molecule has 1 N–H and O–H groups in total. The smallest absolute Gasteiger partial charge is 0.247 e. The third-order valence-electron chi connectivity index (χ3n) is 4.90. The molecular weight excluding hydrogens is 328 g/mol. The molecule has 6 heteroatoms. The van der Waals surface area contributed by atoms with Crippen molar-refractivity contribution in [2.45, 2.75) is 13.0 Å². The van der Waals surface area contributed by atoms with Gasteiger partial charge in [-0.05, 0) is 31.2 Å². The number of phenolic OH excluding ortho intramolecular Hbond substituents is 1. The maximum absolute atomic E-state index is 10.0. The highest BCUT2D eigenvalue weighted by Gasteiger charge is 2.26. The van der Waals surface area contributed by atoms with E-state index in [-0.39, 0.29) is 6.04 Å². The van der Waals surface area contributed by atoms with Crippen LogP contribution in [0.4, 0.5) is 5.69 Å². The molecule has 0 unspecified atom stereocenters. The van der Waals surface area contributed by atoms with Gasteiger partial charge in [0.25, 0.3) is 0 Å². The second-order valence-corrected chi connectivity index (χ2v) is 6.50. The summed E-state index contributed by atoms with van der Waals surface area (Å²) < 4.78 is 5.90. The molecule has 1 aliphatic heterocycles. The Morgan fingerprint density at radius 3 is 2.35 bits per heavy atom. The van der Waals surface area contributed by atoms with E-state index in [1.54, 1.807) is 6.07 Å². The molecule has 0 spiro atoms. The maximum atomic E-state index is 10.0. The average Bonchev–Trinajstić information content (AvgIpc) is 3.19. The maximum Gasteiger partial charge on any atom is 0.247 e. The summed E-state index contributed by atoms with van der Waals surface area (Å²) in [6, 6.07) is 17.4. The molecule has 0 bridgehead atoms. The molecule has 2 aromatic carbocycles. The number of benzene rings is 2. The van der Waals surface area contributed by atoms with E-state index in [0.717, 1.165) is 37.4 Å². The zero-order valence-corrected chi connectivity index (χ0v) is 14.7. The minimum atomic E-state index is 0.0616. The highest BCUT2D eigenvalue weighted by molar-refractivity contribution is 5.57. The van der Waals surface area contributed by atoms with Crippen LogP contribution in [-0.2, 0) is 0 Å². The van der Waals surface area contributed by atoms with E-state index in [1.165, 1.54) is 0 Å². The summed E-state index contributed by atoms with van der Waals surface area (Å²) >= 11 is 0. The molecule has 1 saturated heterocycles. The molecule has 4 rings (SSSR count). The van der Waals surface area contributed by atoms with E-state index < -0.39 is 0 Å². The van der Waals surface area contributed by atoms with Gasteiger partial charge in [0.2, 0.25) is 11.8 Å². The third-order valence-corrected chi connectivity index (χ3v) is 4.90. The Morgan fingerprint density at radius 1 is 0.923 bits per heavy atom. The molecule has 1 atom stereocenters. The summed E-state index contributed by atoms with van der Waals surface area (Å²) in [6.45, 7) is 5.54. The van der Waals surface area contributed by atoms with Crippen molar-refractivity contribution in [3.8, 4) is 17.2 Å². The van der Waals surface area contributed by atoms with E-state index in [2.05, 4.69) is 26.9 Å². The van der Waals surface area contributed by atoms with Gasteiger partial charge in [-0.25, -0.2) is 0 Å². The first-order valence-corrected chi connectivity index (χ1v) is 8.88. The Morgan fingerprint density at radius 2 is 1.62 bits per heavy atom. The van der Waals surface area contributed by atoms with Gasteiger partial charge in [-0.2, -0.15) is 0 Å². The van der Waals surface area contributed by atoms with Crippen LogP contribution in [0, 0.1) is 0 Å². The predicted octanol–water partition coefficient (Wildman–Crippen LogP) is 3.33. The Labute approximate surface area is 152 Å². The molecule has 6 nitrogen and oxygen atoms in total. The standard InChI is InChI=1S/C20H22N4O2/c1-15(19-21-22-20(26-19)16-7-3-2-4-8-16)23-11-13-24(14-12-23)17-9-5-6-10-18(17)25/h2-10,15,25H,11-14H2,1H3/t15-/m0/s1. The first-order valence-electron chi connectivity index (χ1n) is 8.88. The minimum Gasteiger partial charge on any atom is -0.506 e. The second-order valence-electron chi connectivity index (χ2n) is 6.50. The van der Waals surface area contributed by atoms with Crippen LogP contribution in [0.3, 0.4) is 0 Å². The van der Waals surface area contributed by atoms with Crippen LogP contribution < -0.4 is 4.90 Å². The number of piperazine rings is 1. The molecule has 3 aromatic rings. The zero-order valence-electron chi connectivity index (χ0n) is 14.7. The molecule has 0 amide bonds. The number of hydrogen-bond donors (Lipinski definition) is 1. The Hall–Kier alpha value is -2.86. The first kappa shape index (κ1) is 16.6. The SMILES string of the molecule is C[C@@H](c1nnc(-c2ccccc2)o1)N1CCN(c2ccccc2O)CC1. The highest BCUT2D eigenvalue weighted by Crippen LogP contribution is 2.29. The zero-order chi connectivity index (χ0) is 17.9. The van der Waals surface area contributed by atoms with Crippen LogP contribution >= 0.6 is 0 Å². The summed E-state index contributed by atoms with van der Waals surface area (Å²) in [7, 11) is 0. The lowest BCUT2D eigenvalue weighted by Gasteiger charge is -2.38. The van der Waals surface area contributed by atoms with Crippen molar-refractivity contribution in [3.05, 3.63) is 60.5 Å². The van der Waals surface area contributed by atoms with Gasteiger partial charge >= 0.3 is 0 Å². The van der Waals surface area contributed by atoms with Gasteiger partial charge < -0.3 is 14.4 Å². The van der Waals surface area contributed by atoms with Crippen LogP contribution in [0.15, 0.2) is 59.0 Å². The normalized spacial score (nSPS) is 16.6. The molecule has 0 saturated carbocycles. The molecular formula is C20H22N4O2. The lowest BCUT2D eigenvalue weighted by molar-refractivity contribution is 0.173. The van der Waals surface area contributed by atoms with Gasteiger partial charge in [0.1, 0.15) is 5.75 Å². The number of aromatic nitrogens is 2. The molecule has 26 heavy (non-hydrogen) atoms. The van der Waals surface area contributed by atoms with Crippen molar-refractivity contribution < 1.29 is 9.52 Å². The fourth-order valence-electron chi connectivity index (χ4n) is 3.34. The quantitative estimate of drug-likeness (QED) is 0.779. The Kier molecular flexibility index (Phi) is 4.58. The molecule has 1 aliphatic rings. The summed E-state index contributed by atoms with van der Waals surface area (Å²) in [5.41, 5.74) is 1.83. The largest absolute Gasteiger partial charge is 0.506 e. The van der Waals surface area contributed by atoms with Crippen LogP contribution in [0.5, 0.6) is 5.75 Å². The topological polar surface area (TPSA) is 65.6 Å². The van der Waals surface area contributed by atoms with Crippen molar-refractivity contribution in [2.75, 3.05) is 31.1 Å². The number of aromatic hydroxyl groups is 1.